The van der Waals surface area contributed by atoms with E-state index in [0.717, 1.165) is 5.56 Å². The third-order valence-corrected chi connectivity index (χ3v) is 3.35. The number of benzene rings is 2. The van der Waals surface area contributed by atoms with E-state index < -0.39 is 5.60 Å². The Morgan fingerprint density at radius 1 is 1.13 bits per heavy atom. The highest BCUT2D eigenvalue weighted by molar-refractivity contribution is 5.97. The Kier molecular flexibility index (Phi) is 5.34. The molecule has 0 spiro atoms. The molecule has 0 unspecified atom stereocenters. The SMILES string of the molecule is CC(C)(Oc1ccc(F)cc1)C(=O)Nc1ccc(CCO)cc1. The molecule has 2 rings (SSSR count). The molecule has 0 saturated carbocycles. The lowest BCUT2D eigenvalue weighted by Gasteiger charge is -2.25. The summed E-state index contributed by atoms with van der Waals surface area (Å²) >= 11 is 0. The molecule has 0 atom stereocenters. The van der Waals surface area contributed by atoms with E-state index in [9.17, 15) is 9.18 Å². The van der Waals surface area contributed by atoms with Crippen LogP contribution in [0.25, 0.3) is 0 Å². The quantitative estimate of drug-likeness (QED) is 0.860. The number of aliphatic hydroxyl groups excluding tert-OH is 1. The van der Waals surface area contributed by atoms with Crippen LogP contribution in [-0.4, -0.2) is 23.2 Å². The van der Waals surface area contributed by atoms with Gasteiger partial charge in [-0.3, -0.25) is 4.79 Å². The zero-order valence-electron chi connectivity index (χ0n) is 13.2. The second-order valence-electron chi connectivity index (χ2n) is 5.69. The van der Waals surface area contributed by atoms with E-state index in [1.165, 1.54) is 24.3 Å². The van der Waals surface area contributed by atoms with E-state index in [0.29, 0.717) is 17.9 Å². The topological polar surface area (TPSA) is 58.6 Å². The number of ether oxygens (including phenoxy) is 1. The third-order valence-electron chi connectivity index (χ3n) is 3.35. The van der Waals surface area contributed by atoms with Crippen molar-refractivity contribution in [1.29, 1.82) is 0 Å². The summed E-state index contributed by atoms with van der Waals surface area (Å²) in [4.78, 5) is 12.4. The van der Waals surface area contributed by atoms with Gasteiger partial charge in [0.1, 0.15) is 11.6 Å². The van der Waals surface area contributed by atoms with Gasteiger partial charge in [-0.25, -0.2) is 4.39 Å². The number of carbonyl (C=O) groups excluding carboxylic acids is 1. The number of anilines is 1. The van der Waals surface area contributed by atoms with E-state index in [-0.39, 0.29) is 18.3 Å². The molecule has 5 heteroatoms. The second kappa shape index (κ2) is 7.24. The van der Waals surface area contributed by atoms with Crippen LogP contribution in [0.2, 0.25) is 0 Å². The van der Waals surface area contributed by atoms with E-state index in [1.54, 1.807) is 26.0 Å². The van der Waals surface area contributed by atoms with Crippen molar-refractivity contribution >= 4 is 11.6 Å². The minimum atomic E-state index is -1.11. The predicted molar refractivity (Wildman–Crippen MR) is 87.0 cm³/mol. The summed E-state index contributed by atoms with van der Waals surface area (Å²) in [5, 5.41) is 11.7. The van der Waals surface area contributed by atoms with Gasteiger partial charge >= 0.3 is 0 Å². The van der Waals surface area contributed by atoms with Crippen molar-refractivity contribution in [2.45, 2.75) is 25.9 Å². The van der Waals surface area contributed by atoms with Gasteiger partial charge in [0.25, 0.3) is 5.91 Å². The van der Waals surface area contributed by atoms with Gasteiger partial charge < -0.3 is 15.2 Å². The van der Waals surface area contributed by atoms with Crippen LogP contribution in [0.3, 0.4) is 0 Å². The molecule has 23 heavy (non-hydrogen) atoms. The maximum absolute atomic E-state index is 12.9. The van der Waals surface area contributed by atoms with Gasteiger partial charge in [0, 0.05) is 12.3 Å². The summed E-state index contributed by atoms with van der Waals surface area (Å²) in [5.41, 5.74) is 0.529. The summed E-state index contributed by atoms with van der Waals surface area (Å²) in [7, 11) is 0. The zero-order chi connectivity index (χ0) is 16.9. The van der Waals surface area contributed by atoms with Crippen molar-refractivity contribution in [1.82, 2.24) is 0 Å². The van der Waals surface area contributed by atoms with Crippen LogP contribution in [0.4, 0.5) is 10.1 Å². The van der Waals surface area contributed by atoms with E-state index in [2.05, 4.69) is 5.32 Å². The van der Waals surface area contributed by atoms with Gasteiger partial charge in [-0.05, 0) is 62.2 Å². The van der Waals surface area contributed by atoms with Crippen molar-refractivity contribution < 1.29 is 19.0 Å². The van der Waals surface area contributed by atoms with Crippen molar-refractivity contribution in [2.24, 2.45) is 0 Å². The first kappa shape index (κ1) is 17.0. The smallest absolute Gasteiger partial charge is 0.267 e. The summed E-state index contributed by atoms with van der Waals surface area (Å²) in [6.07, 6.45) is 0.577. The summed E-state index contributed by atoms with van der Waals surface area (Å²) in [5.74, 6) is -0.246. The Bertz CT molecular complexity index is 651. The standard InChI is InChI=1S/C18H20FNO3/c1-18(2,23-16-9-5-14(19)6-10-16)17(22)20-15-7-3-13(4-8-15)11-12-21/h3-10,21H,11-12H2,1-2H3,(H,20,22). The lowest BCUT2D eigenvalue weighted by atomic mass is 10.1. The molecule has 2 aromatic rings. The van der Waals surface area contributed by atoms with Gasteiger partial charge in [0.2, 0.25) is 0 Å². The molecule has 2 aromatic carbocycles. The zero-order valence-corrected chi connectivity index (χ0v) is 13.2. The first-order chi connectivity index (χ1) is 10.9. The number of rotatable bonds is 6. The molecule has 0 aromatic heterocycles. The molecule has 122 valence electrons. The predicted octanol–water partition coefficient (Wildman–Crippen LogP) is 3.16. The molecule has 0 aliphatic rings. The highest BCUT2D eigenvalue weighted by Crippen LogP contribution is 2.20. The highest BCUT2D eigenvalue weighted by Gasteiger charge is 2.30. The maximum atomic E-state index is 12.9. The maximum Gasteiger partial charge on any atom is 0.267 e. The van der Waals surface area contributed by atoms with E-state index in [4.69, 9.17) is 9.84 Å². The Hall–Kier alpha value is -2.40. The van der Waals surface area contributed by atoms with Crippen LogP contribution in [0.5, 0.6) is 5.75 Å². The fourth-order valence-corrected chi connectivity index (χ4v) is 2.01. The Morgan fingerprint density at radius 3 is 2.30 bits per heavy atom. The highest BCUT2D eigenvalue weighted by atomic mass is 19.1. The number of amides is 1. The number of aliphatic hydroxyl groups is 1. The summed E-state index contributed by atoms with van der Waals surface area (Å²) in [6.45, 7) is 3.38. The average molecular weight is 317 g/mol. The monoisotopic (exact) mass is 317 g/mol. The third kappa shape index (κ3) is 4.79. The molecule has 1 amide bonds. The molecule has 0 aliphatic carbocycles. The van der Waals surface area contributed by atoms with Gasteiger partial charge in [0.15, 0.2) is 5.60 Å². The normalized spacial score (nSPS) is 11.1. The number of carbonyl (C=O) groups is 1. The molecule has 0 fully saturated rings. The molecular weight excluding hydrogens is 297 g/mol. The van der Waals surface area contributed by atoms with Crippen LogP contribution >= 0.6 is 0 Å². The van der Waals surface area contributed by atoms with Crippen molar-refractivity contribution in [3.05, 3.63) is 59.9 Å². The first-order valence-electron chi connectivity index (χ1n) is 7.36. The van der Waals surface area contributed by atoms with Crippen LogP contribution in [0.15, 0.2) is 48.5 Å². The van der Waals surface area contributed by atoms with Crippen LogP contribution in [-0.2, 0) is 11.2 Å². The summed E-state index contributed by atoms with van der Waals surface area (Å²) in [6, 6.07) is 12.8. The fraction of sp³-hybridized carbons (Fsp3) is 0.278. The van der Waals surface area contributed by atoms with E-state index >= 15 is 0 Å². The number of hydrogen-bond acceptors (Lipinski definition) is 3. The molecule has 0 radical (unpaired) electrons. The van der Waals surface area contributed by atoms with Crippen LogP contribution < -0.4 is 10.1 Å². The Morgan fingerprint density at radius 2 is 1.74 bits per heavy atom. The minimum Gasteiger partial charge on any atom is -0.478 e. The van der Waals surface area contributed by atoms with Gasteiger partial charge in [0.05, 0.1) is 0 Å². The fourth-order valence-electron chi connectivity index (χ4n) is 2.01. The largest absolute Gasteiger partial charge is 0.478 e. The number of nitrogens with one attached hydrogen (secondary N) is 1. The molecule has 0 heterocycles. The number of halogens is 1. The first-order valence-corrected chi connectivity index (χ1v) is 7.36. The van der Waals surface area contributed by atoms with Crippen LogP contribution in [0, 0.1) is 5.82 Å². The number of hydrogen-bond donors (Lipinski definition) is 2. The van der Waals surface area contributed by atoms with Crippen LogP contribution in [0.1, 0.15) is 19.4 Å². The minimum absolute atomic E-state index is 0.0875. The molecular formula is C18H20FNO3. The lowest BCUT2D eigenvalue weighted by molar-refractivity contribution is -0.128. The van der Waals surface area contributed by atoms with Crippen molar-refractivity contribution in [3.63, 3.8) is 0 Å². The molecule has 0 saturated heterocycles. The molecule has 2 N–H and O–H groups in total. The average Bonchev–Trinajstić information content (AvgIpc) is 2.51. The Labute approximate surface area is 134 Å². The van der Waals surface area contributed by atoms with Crippen molar-refractivity contribution in [3.8, 4) is 5.75 Å². The molecule has 4 nitrogen and oxygen atoms in total. The summed E-state index contributed by atoms with van der Waals surface area (Å²) < 4.78 is 18.5. The Balaban J connectivity index is 2.01. The molecule has 0 bridgehead atoms. The lowest BCUT2D eigenvalue weighted by Crippen LogP contribution is -2.42. The van der Waals surface area contributed by atoms with Gasteiger partial charge in [-0.1, -0.05) is 12.1 Å². The van der Waals surface area contributed by atoms with E-state index in [1.807, 2.05) is 12.1 Å². The molecule has 0 aliphatic heterocycles. The van der Waals surface area contributed by atoms with Gasteiger partial charge in [-0.15, -0.1) is 0 Å². The van der Waals surface area contributed by atoms with Gasteiger partial charge in [-0.2, -0.15) is 0 Å². The van der Waals surface area contributed by atoms with Crippen molar-refractivity contribution in [2.75, 3.05) is 11.9 Å². The second-order valence-corrected chi connectivity index (χ2v) is 5.69.